The summed E-state index contributed by atoms with van der Waals surface area (Å²) >= 11 is 0. The van der Waals surface area contributed by atoms with Crippen molar-refractivity contribution in [3.8, 4) is 11.5 Å². The minimum atomic E-state index is -0.338. The first-order chi connectivity index (χ1) is 14.5. The molecule has 0 bridgehead atoms. The van der Waals surface area contributed by atoms with Gasteiger partial charge in [0, 0.05) is 27.2 Å². The van der Waals surface area contributed by atoms with E-state index >= 15 is 0 Å². The van der Waals surface area contributed by atoms with Crippen molar-refractivity contribution in [2.24, 2.45) is 14.1 Å². The summed E-state index contributed by atoms with van der Waals surface area (Å²) in [5.74, 6) is 1.54. The van der Waals surface area contributed by atoms with Crippen molar-refractivity contribution in [3.05, 3.63) is 51.4 Å². The van der Waals surface area contributed by atoms with E-state index in [4.69, 9.17) is 9.47 Å². The van der Waals surface area contributed by atoms with Crippen LogP contribution in [0.3, 0.4) is 0 Å². The fourth-order valence-electron chi connectivity index (χ4n) is 3.87. The fraction of sp³-hybridized carbons (Fsp3) is 0.476. The Morgan fingerprint density at radius 2 is 1.97 bits per heavy atom. The number of rotatable bonds is 7. The van der Waals surface area contributed by atoms with Crippen molar-refractivity contribution < 1.29 is 9.47 Å². The predicted molar refractivity (Wildman–Crippen MR) is 113 cm³/mol. The van der Waals surface area contributed by atoms with Gasteiger partial charge >= 0.3 is 5.69 Å². The maximum absolute atomic E-state index is 12.8. The third kappa shape index (κ3) is 3.72. The van der Waals surface area contributed by atoms with E-state index in [-0.39, 0.29) is 17.4 Å². The van der Waals surface area contributed by atoms with Crippen LogP contribution < -0.4 is 20.7 Å². The zero-order chi connectivity index (χ0) is 21.3. The van der Waals surface area contributed by atoms with Gasteiger partial charge in [-0.25, -0.2) is 9.78 Å². The molecule has 1 aromatic carbocycles. The number of para-hydroxylation sites is 2. The number of aryl methyl sites for hydroxylation is 2. The maximum atomic E-state index is 12.8. The van der Waals surface area contributed by atoms with Gasteiger partial charge in [-0.15, -0.1) is 0 Å². The van der Waals surface area contributed by atoms with Gasteiger partial charge in [-0.1, -0.05) is 19.1 Å². The van der Waals surface area contributed by atoms with Crippen LogP contribution in [0.2, 0.25) is 0 Å². The van der Waals surface area contributed by atoms with Crippen molar-refractivity contribution >= 4 is 11.2 Å². The Morgan fingerprint density at radius 1 is 1.20 bits per heavy atom. The summed E-state index contributed by atoms with van der Waals surface area (Å²) in [7, 11) is 3.40. The highest BCUT2D eigenvalue weighted by Crippen LogP contribution is 2.31. The minimum Gasteiger partial charge on any atom is -0.486 e. The number of imidazole rings is 1. The number of aromatic nitrogens is 4. The second-order valence-corrected chi connectivity index (χ2v) is 7.57. The zero-order valence-electron chi connectivity index (χ0n) is 17.6. The summed E-state index contributed by atoms with van der Waals surface area (Å²) < 4.78 is 16.2. The van der Waals surface area contributed by atoms with Crippen LogP contribution in [-0.2, 0) is 20.6 Å². The Bertz CT molecular complexity index is 1160. The maximum Gasteiger partial charge on any atom is 0.332 e. The lowest BCUT2D eigenvalue weighted by Gasteiger charge is -2.30. The Balaban J connectivity index is 1.41. The number of benzene rings is 1. The van der Waals surface area contributed by atoms with Gasteiger partial charge in [0.1, 0.15) is 12.7 Å². The molecule has 0 fully saturated rings. The molecule has 2 aromatic heterocycles. The smallest absolute Gasteiger partial charge is 0.332 e. The van der Waals surface area contributed by atoms with Gasteiger partial charge in [0.05, 0.1) is 6.33 Å². The molecule has 1 aliphatic rings. The van der Waals surface area contributed by atoms with Gasteiger partial charge in [-0.3, -0.25) is 18.8 Å². The second kappa shape index (κ2) is 8.35. The van der Waals surface area contributed by atoms with Crippen LogP contribution in [0.4, 0.5) is 0 Å². The van der Waals surface area contributed by atoms with Crippen LogP contribution in [0.15, 0.2) is 40.2 Å². The standard InChI is InChI=1S/C21H27N5O4/c1-4-25(12-15-13-29-16-8-5-6-9-17(16)30-15)10-7-11-26-20(27)18-19(22-14-23(18)2)24(3)21(26)28/h5-6,8-9,14-15H,4,7,10-13H2,1-3H3. The molecule has 0 radical (unpaired) electrons. The van der Waals surface area contributed by atoms with Crippen LogP contribution in [0.1, 0.15) is 13.3 Å². The van der Waals surface area contributed by atoms with Gasteiger partial charge in [-0.05, 0) is 31.6 Å². The molecule has 0 saturated heterocycles. The highest BCUT2D eigenvalue weighted by molar-refractivity contribution is 5.69. The summed E-state index contributed by atoms with van der Waals surface area (Å²) in [6.07, 6.45) is 2.18. The summed E-state index contributed by atoms with van der Waals surface area (Å²) in [6.45, 7) is 5.26. The quantitative estimate of drug-likeness (QED) is 0.574. The first kappa shape index (κ1) is 20.2. The van der Waals surface area contributed by atoms with E-state index < -0.39 is 0 Å². The number of hydrogen-bond donors (Lipinski definition) is 0. The molecule has 1 aliphatic heterocycles. The summed E-state index contributed by atoms with van der Waals surface area (Å²) in [5.41, 5.74) is 0.219. The average Bonchev–Trinajstić information content (AvgIpc) is 3.15. The Kier molecular flexibility index (Phi) is 5.63. The zero-order valence-corrected chi connectivity index (χ0v) is 17.6. The normalized spacial score (nSPS) is 15.8. The first-order valence-electron chi connectivity index (χ1n) is 10.2. The third-order valence-electron chi connectivity index (χ3n) is 5.53. The number of hydrogen-bond acceptors (Lipinski definition) is 6. The molecule has 1 atom stereocenters. The van der Waals surface area contributed by atoms with Crippen LogP contribution in [0, 0.1) is 0 Å². The Hall–Kier alpha value is -3.07. The summed E-state index contributed by atoms with van der Waals surface area (Å²) in [4.78, 5) is 31.8. The monoisotopic (exact) mass is 413 g/mol. The number of fused-ring (bicyclic) bond motifs is 2. The van der Waals surface area contributed by atoms with E-state index in [1.54, 1.807) is 25.0 Å². The van der Waals surface area contributed by atoms with E-state index in [9.17, 15) is 9.59 Å². The summed E-state index contributed by atoms with van der Waals surface area (Å²) in [6, 6.07) is 7.67. The molecule has 0 spiro atoms. The lowest BCUT2D eigenvalue weighted by molar-refractivity contribution is 0.0594. The van der Waals surface area contributed by atoms with E-state index in [1.165, 1.54) is 9.13 Å². The molecule has 1 unspecified atom stereocenters. The van der Waals surface area contributed by atoms with Crippen molar-refractivity contribution in [3.63, 3.8) is 0 Å². The van der Waals surface area contributed by atoms with Crippen molar-refractivity contribution in [2.75, 3.05) is 26.2 Å². The van der Waals surface area contributed by atoms with Crippen LogP contribution in [-0.4, -0.2) is 55.9 Å². The number of nitrogens with zero attached hydrogens (tertiary/aromatic N) is 5. The molecule has 160 valence electrons. The Morgan fingerprint density at radius 3 is 2.73 bits per heavy atom. The van der Waals surface area contributed by atoms with Crippen LogP contribution >= 0.6 is 0 Å². The van der Waals surface area contributed by atoms with Crippen LogP contribution in [0.25, 0.3) is 11.2 Å². The largest absolute Gasteiger partial charge is 0.486 e. The highest BCUT2D eigenvalue weighted by Gasteiger charge is 2.22. The van der Waals surface area contributed by atoms with Gasteiger partial charge in [0.15, 0.2) is 22.7 Å². The first-order valence-corrected chi connectivity index (χ1v) is 10.2. The molecule has 3 heterocycles. The molecule has 9 heteroatoms. The average molecular weight is 413 g/mol. The molecule has 9 nitrogen and oxygen atoms in total. The van der Waals surface area contributed by atoms with Gasteiger partial charge < -0.3 is 14.0 Å². The van der Waals surface area contributed by atoms with E-state index in [0.717, 1.165) is 31.1 Å². The number of likely N-dealkylation sites (N-methyl/N-ethyl adjacent to an activating group) is 1. The van der Waals surface area contributed by atoms with E-state index in [1.807, 2.05) is 24.3 Å². The second-order valence-electron chi connectivity index (χ2n) is 7.57. The number of ether oxygens (including phenoxy) is 2. The molecular weight excluding hydrogens is 386 g/mol. The third-order valence-corrected chi connectivity index (χ3v) is 5.53. The van der Waals surface area contributed by atoms with E-state index in [0.29, 0.717) is 30.7 Å². The molecule has 30 heavy (non-hydrogen) atoms. The molecule has 0 saturated carbocycles. The topological polar surface area (TPSA) is 83.5 Å². The lowest BCUT2D eigenvalue weighted by Crippen LogP contribution is -2.42. The molecular formula is C21H27N5O4. The Labute approximate surface area is 174 Å². The predicted octanol–water partition coefficient (Wildman–Crippen LogP) is 0.986. The summed E-state index contributed by atoms with van der Waals surface area (Å²) in [5, 5.41) is 0. The van der Waals surface area contributed by atoms with Crippen molar-refractivity contribution in [1.29, 1.82) is 0 Å². The van der Waals surface area contributed by atoms with Crippen molar-refractivity contribution in [1.82, 2.24) is 23.6 Å². The minimum absolute atomic E-state index is 0.0544. The SMILES string of the molecule is CCN(CCCn1c(=O)c2c(ncn2C)n(C)c1=O)CC1COc2ccccc2O1. The van der Waals surface area contributed by atoms with Gasteiger partial charge in [0.25, 0.3) is 5.56 Å². The van der Waals surface area contributed by atoms with Crippen LogP contribution in [0.5, 0.6) is 11.5 Å². The molecule has 3 aromatic rings. The fourth-order valence-corrected chi connectivity index (χ4v) is 3.87. The molecule has 4 rings (SSSR count). The molecule has 0 aliphatic carbocycles. The van der Waals surface area contributed by atoms with Crippen molar-refractivity contribution in [2.45, 2.75) is 26.0 Å². The highest BCUT2D eigenvalue weighted by atomic mass is 16.6. The van der Waals surface area contributed by atoms with Gasteiger partial charge in [-0.2, -0.15) is 0 Å². The molecule has 0 amide bonds. The van der Waals surface area contributed by atoms with E-state index in [2.05, 4.69) is 16.8 Å². The van der Waals surface area contributed by atoms with Gasteiger partial charge in [0.2, 0.25) is 0 Å². The lowest BCUT2D eigenvalue weighted by atomic mass is 10.2. The molecule has 0 N–H and O–H groups in total.